The van der Waals surface area contributed by atoms with Crippen molar-refractivity contribution in [3.63, 3.8) is 0 Å². The lowest BCUT2D eigenvalue weighted by molar-refractivity contribution is -0.132. The van der Waals surface area contributed by atoms with E-state index in [0.29, 0.717) is 44.1 Å². The number of hydrogen-bond acceptors (Lipinski definition) is 7. The van der Waals surface area contributed by atoms with E-state index in [2.05, 4.69) is 16.2 Å². The highest BCUT2D eigenvalue weighted by Gasteiger charge is 2.18. The van der Waals surface area contributed by atoms with Crippen LogP contribution in [0.5, 0.6) is 5.75 Å². The van der Waals surface area contributed by atoms with Gasteiger partial charge in [0, 0.05) is 29.8 Å². The Balaban J connectivity index is 1.38. The van der Waals surface area contributed by atoms with Crippen LogP contribution in [0.4, 0.5) is 0 Å². The Hall–Kier alpha value is -2.97. The van der Waals surface area contributed by atoms with Gasteiger partial charge < -0.3 is 14.2 Å². The van der Waals surface area contributed by atoms with Crippen LogP contribution in [0.3, 0.4) is 0 Å². The fraction of sp³-hybridized carbons (Fsp3) is 0.261. The molecule has 4 aromatic rings. The molecule has 31 heavy (non-hydrogen) atoms. The van der Waals surface area contributed by atoms with Crippen LogP contribution in [-0.2, 0) is 24.3 Å². The monoisotopic (exact) mass is 453 g/mol. The molecule has 6 nitrogen and oxygen atoms in total. The summed E-state index contributed by atoms with van der Waals surface area (Å²) in [5.41, 5.74) is 0.993. The quantitative estimate of drug-likeness (QED) is 0.321. The van der Waals surface area contributed by atoms with Crippen molar-refractivity contribution in [2.45, 2.75) is 32.4 Å². The fourth-order valence-electron chi connectivity index (χ4n) is 3.27. The summed E-state index contributed by atoms with van der Waals surface area (Å²) in [6.07, 6.45) is 1.64. The highest BCUT2D eigenvalue weighted by Crippen LogP contribution is 2.23. The molecule has 1 amide bonds. The summed E-state index contributed by atoms with van der Waals surface area (Å²) in [5, 5.41) is 8.04. The number of carbonyl (C=O) groups is 1. The third-order valence-electron chi connectivity index (χ3n) is 4.82. The number of thiophene rings is 2. The second-order valence-corrected chi connectivity index (χ2v) is 8.96. The molecule has 0 atom stereocenters. The Labute approximate surface area is 189 Å². The minimum atomic E-state index is 0.0947. The molecule has 0 unspecified atom stereocenters. The molecule has 0 N–H and O–H groups in total. The molecule has 3 aromatic heterocycles. The summed E-state index contributed by atoms with van der Waals surface area (Å²) in [5.74, 6) is 2.05. The maximum Gasteiger partial charge on any atom is 0.226 e. The first kappa shape index (κ1) is 21.3. The number of ether oxygens (including phenoxy) is 1. The van der Waals surface area contributed by atoms with Gasteiger partial charge in [0.15, 0.2) is 0 Å². The van der Waals surface area contributed by atoms with E-state index >= 15 is 0 Å². The normalized spacial score (nSPS) is 10.9. The number of para-hydroxylation sites is 1. The standard InChI is InChI=1S/C23H23N3O3S2/c1-28-19-9-3-2-7-17(19)15-26(16-18-8-5-13-30-18)22(27)12-4-11-21-24-23(25-29-21)20-10-6-14-31-20/h2-3,5-10,13-14H,4,11-12,15-16H2,1H3. The molecule has 160 valence electrons. The van der Waals surface area contributed by atoms with Crippen LogP contribution >= 0.6 is 22.7 Å². The van der Waals surface area contributed by atoms with E-state index in [1.807, 2.05) is 58.1 Å². The Morgan fingerprint density at radius 1 is 1.06 bits per heavy atom. The molecule has 4 rings (SSSR count). The van der Waals surface area contributed by atoms with Crippen LogP contribution in [-0.4, -0.2) is 28.1 Å². The topological polar surface area (TPSA) is 68.5 Å². The first-order valence-electron chi connectivity index (χ1n) is 10.0. The Kier molecular flexibility index (Phi) is 7.11. The number of amides is 1. The average Bonchev–Trinajstić information content (AvgIpc) is 3.56. The number of rotatable bonds is 10. The van der Waals surface area contributed by atoms with Crippen molar-refractivity contribution in [3.05, 3.63) is 75.6 Å². The Bertz CT molecular complexity index is 1090. The van der Waals surface area contributed by atoms with Crippen molar-refractivity contribution in [1.29, 1.82) is 0 Å². The van der Waals surface area contributed by atoms with Crippen LogP contribution in [0.1, 0.15) is 29.2 Å². The van der Waals surface area contributed by atoms with Crippen molar-refractivity contribution in [2.24, 2.45) is 0 Å². The van der Waals surface area contributed by atoms with E-state index in [4.69, 9.17) is 9.26 Å². The van der Waals surface area contributed by atoms with E-state index in [1.54, 1.807) is 29.8 Å². The zero-order valence-electron chi connectivity index (χ0n) is 17.2. The van der Waals surface area contributed by atoms with Crippen LogP contribution in [0.15, 0.2) is 63.8 Å². The van der Waals surface area contributed by atoms with Gasteiger partial charge in [-0.3, -0.25) is 4.79 Å². The predicted molar refractivity (Wildman–Crippen MR) is 122 cm³/mol. The molecule has 0 aliphatic rings. The lowest BCUT2D eigenvalue weighted by Gasteiger charge is -2.23. The molecule has 0 saturated carbocycles. The lowest BCUT2D eigenvalue weighted by atomic mass is 10.1. The molecule has 0 aliphatic carbocycles. The van der Waals surface area contributed by atoms with E-state index in [1.165, 1.54) is 0 Å². The zero-order valence-corrected chi connectivity index (χ0v) is 18.8. The number of carbonyl (C=O) groups excluding carboxylic acids is 1. The van der Waals surface area contributed by atoms with Crippen molar-refractivity contribution in [1.82, 2.24) is 15.0 Å². The summed E-state index contributed by atoms with van der Waals surface area (Å²) in [6.45, 7) is 1.08. The molecule has 0 spiro atoms. The number of benzene rings is 1. The first-order valence-corrected chi connectivity index (χ1v) is 11.8. The highest BCUT2D eigenvalue weighted by molar-refractivity contribution is 7.13. The van der Waals surface area contributed by atoms with E-state index < -0.39 is 0 Å². The van der Waals surface area contributed by atoms with Gasteiger partial charge in [-0.2, -0.15) is 4.98 Å². The van der Waals surface area contributed by atoms with Gasteiger partial charge in [-0.05, 0) is 35.4 Å². The van der Waals surface area contributed by atoms with Gasteiger partial charge in [0.05, 0.1) is 18.5 Å². The number of hydrogen-bond donors (Lipinski definition) is 0. The molecule has 0 aliphatic heterocycles. The maximum atomic E-state index is 13.1. The van der Waals surface area contributed by atoms with Crippen molar-refractivity contribution >= 4 is 28.6 Å². The summed E-state index contributed by atoms with van der Waals surface area (Å²) >= 11 is 3.23. The van der Waals surface area contributed by atoms with Crippen LogP contribution in [0, 0.1) is 0 Å². The van der Waals surface area contributed by atoms with Crippen LogP contribution in [0.25, 0.3) is 10.7 Å². The molecular formula is C23H23N3O3S2. The van der Waals surface area contributed by atoms with Crippen molar-refractivity contribution in [2.75, 3.05) is 7.11 Å². The summed E-state index contributed by atoms with van der Waals surface area (Å²) in [6, 6.07) is 15.8. The molecule has 0 radical (unpaired) electrons. The number of methoxy groups -OCH3 is 1. The van der Waals surface area contributed by atoms with Crippen LogP contribution < -0.4 is 4.74 Å². The van der Waals surface area contributed by atoms with E-state index in [0.717, 1.165) is 21.1 Å². The smallest absolute Gasteiger partial charge is 0.226 e. The molecule has 0 bridgehead atoms. The Morgan fingerprint density at radius 3 is 2.68 bits per heavy atom. The zero-order chi connectivity index (χ0) is 21.5. The van der Waals surface area contributed by atoms with Gasteiger partial charge in [0.1, 0.15) is 5.75 Å². The summed E-state index contributed by atoms with van der Waals surface area (Å²) < 4.78 is 10.8. The lowest BCUT2D eigenvalue weighted by Crippen LogP contribution is -2.29. The molecule has 8 heteroatoms. The number of nitrogens with zero attached hydrogens (tertiary/aromatic N) is 3. The highest BCUT2D eigenvalue weighted by atomic mass is 32.1. The van der Waals surface area contributed by atoms with Gasteiger partial charge in [0.2, 0.25) is 17.6 Å². The Morgan fingerprint density at radius 2 is 1.90 bits per heavy atom. The molecular weight excluding hydrogens is 430 g/mol. The largest absolute Gasteiger partial charge is 0.496 e. The summed E-state index contributed by atoms with van der Waals surface area (Å²) in [7, 11) is 1.65. The second-order valence-electron chi connectivity index (χ2n) is 6.98. The average molecular weight is 454 g/mol. The maximum absolute atomic E-state index is 13.1. The summed E-state index contributed by atoms with van der Waals surface area (Å²) in [4.78, 5) is 21.5. The third kappa shape index (κ3) is 5.59. The van der Waals surface area contributed by atoms with Gasteiger partial charge in [-0.25, -0.2) is 0 Å². The van der Waals surface area contributed by atoms with Gasteiger partial charge in [-0.15, -0.1) is 22.7 Å². The first-order chi connectivity index (χ1) is 15.2. The predicted octanol–water partition coefficient (Wildman–Crippen LogP) is 5.42. The van der Waals surface area contributed by atoms with Gasteiger partial charge in [0.25, 0.3) is 0 Å². The van der Waals surface area contributed by atoms with E-state index in [-0.39, 0.29) is 5.91 Å². The molecule has 0 saturated heterocycles. The molecule has 1 aromatic carbocycles. The minimum absolute atomic E-state index is 0.0947. The molecule has 0 fully saturated rings. The number of aromatic nitrogens is 2. The number of aryl methyl sites for hydroxylation is 1. The van der Waals surface area contributed by atoms with Gasteiger partial charge in [-0.1, -0.05) is 35.5 Å². The van der Waals surface area contributed by atoms with Crippen molar-refractivity contribution in [3.8, 4) is 16.5 Å². The fourth-order valence-corrected chi connectivity index (χ4v) is 4.64. The SMILES string of the molecule is COc1ccccc1CN(Cc1cccs1)C(=O)CCCc1nc(-c2cccs2)no1. The minimum Gasteiger partial charge on any atom is -0.496 e. The third-order valence-corrected chi connectivity index (χ3v) is 6.55. The van der Waals surface area contributed by atoms with Crippen LogP contribution in [0.2, 0.25) is 0 Å². The van der Waals surface area contributed by atoms with E-state index in [9.17, 15) is 4.79 Å². The molecule has 3 heterocycles. The second kappa shape index (κ2) is 10.4. The van der Waals surface area contributed by atoms with Gasteiger partial charge >= 0.3 is 0 Å². The van der Waals surface area contributed by atoms with Crippen molar-refractivity contribution < 1.29 is 14.1 Å².